The number of nitrogens with one attached hydrogen (secondary N) is 1. The van der Waals surface area contributed by atoms with Crippen LogP contribution < -0.4 is 5.32 Å². The minimum atomic E-state index is -0.293. The molecule has 0 radical (unpaired) electrons. The number of cyclic esters (lactones) is 1. The molecule has 78 valence electrons. The second-order valence-electron chi connectivity index (χ2n) is 3.35. The summed E-state index contributed by atoms with van der Waals surface area (Å²) in [5.41, 5.74) is 2.12. The lowest BCUT2D eigenvalue weighted by atomic mass is 10.1. The third kappa shape index (κ3) is 1.83. The minimum absolute atomic E-state index is 0.0415. The van der Waals surface area contributed by atoms with E-state index in [9.17, 15) is 9.59 Å². The lowest BCUT2D eigenvalue weighted by Crippen LogP contribution is -2.09. The van der Waals surface area contributed by atoms with Crippen molar-refractivity contribution in [2.24, 2.45) is 0 Å². The van der Waals surface area contributed by atoms with E-state index in [0.717, 1.165) is 5.56 Å². The Balaban J connectivity index is 2.23. The van der Waals surface area contributed by atoms with Crippen molar-refractivity contribution in [1.29, 1.82) is 0 Å². The Hall–Kier alpha value is -1.84. The van der Waals surface area contributed by atoms with Gasteiger partial charge in [-0.15, -0.1) is 0 Å². The summed E-state index contributed by atoms with van der Waals surface area (Å²) in [5, 5.41) is 2.73. The molecule has 1 N–H and O–H groups in total. The predicted octanol–water partition coefficient (Wildman–Crippen LogP) is 1.71. The summed E-state index contributed by atoms with van der Waals surface area (Å²) in [7, 11) is 0. The van der Waals surface area contributed by atoms with Crippen molar-refractivity contribution < 1.29 is 14.3 Å². The second kappa shape index (κ2) is 3.73. The lowest BCUT2D eigenvalue weighted by Gasteiger charge is -2.04. The van der Waals surface area contributed by atoms with Crippen LogP contribution in [-0.2, 0) is 16.1 Å². The summed E-state index contributed by atoms with van der Waals surface area (Å²) in [6, 6.07) is 5.16. The zero-order chi connectivity index (χ0) is 10.8. The maximum absolute atomic E-state index is 11.1. The van der Waals surface area contributed by atoms with E-state index in [1.165, 1.54) is 0 Å². The lowest BCUT2D eigenvalue weighted by molar-refractivity contribution is -0.115. The van der Waals surface area contributed by atoms with Gasteiger partial charge in [0.1, 0.15) is 6.61 Å². The van der Waals surface area contributed by atoms with E-state index in [0.29, 0.717) is 24.3 Å². The van der Waals surface area contributed by atoms with Crippen molar-refractivity contribution in [3.05, 3.63) is 29.3 Å². The fourth-order valence-electron chi connectivity index (χ4n) is 1.46. The van der Waals surface area contributed by atoms with E-state index in [1.807, 2.05) is 0 Å². The third-order valence-electron chi connectivity index (χ3n) is 2.29. The average Bonchev–Trinajstić information content (AvgIpc) is 2.60. The number of hydrogen-bond donors (Lipinski definition) is 1. The zero-order valence-corrected chi connectivity index (χ0v) is 8.37. The fraction of sp³-hybridized carbons (Fsp3) is 0.273. The Morgan fingerprint density at radius 2 is 2.33 bits per heavy atom. The summed E-state index contributed by atoms with van der Waals surface area (Å²) in [6.45, 7) is 2.08. The third-order valence-corrected chi connectivity index (χ3v) is 2.29. The van der Waals surface area contributed by atoms with Crippen LogP contribution in [0.1, 0.15) is 29.3 Å². The molecular formula is C11H11NO3. The Kier molecular flexibility index (Phi) is 2.41. The second-order valence-corrected chi connectivity index (χ2v) is 3.35. The average molecular weight is 205 g/mol. The SMILES string of the molecule is CCC(=O)Nc1ccc2c(c1)COC2=O. The van der Waals surface area contributed by atoms with Gasteiger partial charge in [0.25, 0.3) is 0 Å². The molecule has 0 unspecified atom stereocenters. The van der Waals surface area contributed by atoms with Gasteiger partial charge in [0.05, 0.1) is 5.56 Å². The molecule has 4 nitrogen and oxygen atoms in total. The number of anilines is 1. The van der Waals surface area contributed by atoms with Gasteiger partial charge in [0.15, 0.2) is 0 Å². The van der Waals surface area contributed by atoms with Crippen LogP contribution in [0.25, 0.3) is 0 Å². The number of benzene rings is 1. The first-order valence-electron chi connectivity index (χ1n) is 4.80. The monoisotopic (exact) mass is 205 g/mol. The number of fused-ring (bicyclic) bond motifs is 1. The summed E-state index contributed by atoms with van der Waals surface area (Å²) < 4.78 is 4.86. The van der Waals surface area contributed by atoms with Crippen molar-refractivity contribution in [3.63, 3.8) is 0 Å². The van der Waals surface area contributed by atoms with Crippen molar-refractivity contribution in [1.82, 2.24) is 0 Å². The topological polar surface area (TPSA) is 55.4 Å². The standard InChI is InChI=1S/C11H11NO3/c1-2-10(13)12-8-3-4-9-7(5-8)6-15-11(9)14/h3-5H,2,6H2,1H3,(H,12,13). The largest absolute Gasteiger partial charge is 0.457 e. The number of esters is 1. The molecule has 1 aliphatic heterocycles. The fourth-order valence-corrected chi connectivity index (χ4v) is 1.46. The van der Waals surface area contributed by atoms with E-state index in [2.05, 4.69) is 5.32 Å². The highest BCUT2D eigenvalue weighted by atomic mass is 16.5. The number of hydrogen-bond acceptors (Lipinski definition) is 3. The number of ether oxygens (including phenoxy) is 1. The molecule has 15 heavy (non-hydrogen) atoms. The van der Waals surface area contributed by atoms with Gasteiger partial charge in [-0.3, -0.25) is 4.79 Å². The Labute approximate surface area is 87.2 Å². The normalized spacial score (nSPS) is 13.3. The van der Waals surface area contributed by atoms with Gasteiger partial charge in [-0.25, -0.2) is 4.79 Å². The molecule has 0 saturated heterocycles. The molecule has 1 heterocycles. The zero-order valence-electron chi connectivity index (χ0n) is 8.37. The molecule has 2 rings (SSSR count). The molecule has 0 bridgehead atoms. The van der Waals surface area contributed by atoms with Crippen LogP contribution in [-0.4, -0.2) is 11.9 Å². The van der Waals surface area contributed by atoms with Crippen LogP contribution in [0.15, 0.2) is 18.2 Å². The first kappa shape index (κ1) is 9.71. The molecular weight excluding hydrogens is 194 g/mol. The molecule has 1 aromatic rings. The maximum atomic E-state index is 11.1. The summed E-state index contributed by atoms with van der Waals surface area (Å²) in [5.74, 6) is -0.335. The van der Waals surface area contributed by atoms with Gasteiger partial charge < -0.3 is 10.1 Å². The summed E-state index contributed by atoms with van der Waals surface area (Å²) >= 11 is 0. The van der Waals surface area contributed by atoms with Gasteiger partial charge in [-0.2, -0.15) is 0 Å². The van der Waals surface area contributed by atoms with E-state index in [1.54, 1.807) is 25.1 Å². The Morgan fingerprint density at radius 1 is 1.53 bits per heavy atom. The van der Waals surface area contributed by atoms with E-state index < -0.39 is 0 Å². The van der Waals surface area contributed by atoms with E-state index in [4.69, 9.17) is 4.74 Å². The van der Waals surface area contributed by atoms with Crippen molar-refractivity contribution in [2.75, 3.05) is 5.32 Å². The highest BCUT2D eigenvalue weighted by Gasteiger charge is 2.20. The van der Waals surface area contributed by atoms with Gasteiger partial charge >= 0.3 is 5.97 Å². The molecule has 1 aromatic carbocycles. The van der Waals surface area contributed by atoms with Crippen LogP contribution in [0.5, 0.6) is 0 Å². The van der Waals surface area contributed by atoms with Crippen LogP contribution in [0.2, 0.25) is 0 Å². The highest BCUT2D eigenvalue weighted by Crippen LogP contribution is 2.23. The molecule has 0 saturated carbocycles. The first-order valence-corrected chi connectivity index (χ1v) is 4.80. The van der Waals surface area contributed by atoms with Gasteiger partial charge in [0, 0.05) is 17.7 Å². The number of rotatable bonds is 2. The number of amides is 1. The number of carbonyl (C=O) groups excluding carboxylic acids is 2. The highest BCUT2D eigenvalue weighted by molar-refractivity contribution is 5.95. The molecule has 0 spiro atoms. The van der Waals surface area contributed by atoms with Crippen molar-refractivity contribution in [2.45, 2.75) is 20.0 Å². The van der Waals surface area contributed by atoms with Gasteiger partial charge in [-0.1, -0.05) is 6.92 Å². The van der Waals surface area contributed by atoms with Crippen LogP contribution in [0.4, 0.5) is 5.69 Å². The van der Waals surface area contributed by atoms with E-state index >= 15 is 0 Å². The maximum Gasteiger partial charge on any atom is 0.338 e. The molecule has 0 atom stereocenters. The number of carbonyl (C=O) groups is 2. The summed E-state index contributed by atoms with van der Waals surface area (Å²) in [4.78, 5) is 22.3. The van der Waals surface area contributed by atoms with Crippen LogP contribution in [0.3, 0.4) is 0 Å². The quantitative estimate of drug-likeness (QED) is 0.748. The predicted molar refractivity (Wildman–Crippen MR) is 54.5 cm³/mol. The molecule has 0 fully saturated rings. The molecule has 0 aliphatic carbocycles. The van der Waals surface area contributed by atoms with Gasteiger partial charge in [0.2, 0.25) is 5.91 Å². The molecule has 0 aromatic heterocycles. The Morgan fingerprint density at radius 3 is 3.07 bits per heavy atom. The van der Waals surface area contributed by atoms with E-state index in [-0.39, 0.29) is 11.9 Å². The Bertz CT molecular complexity index is 426. The van der Waals surface area contributed by atoms with Crippen molar-refractivity contribution >= 4 is 17.6 Å². The van der Waals surface area contributed by atoms with Gasteiger partial charge in [-0.05, 0) is 18.2 Å². The molecule has 4 heteroatoms. The summed E-state index contributed by atoms with van der Waals surface area (Å²) in [6.07, 6.45) is 0.437. The molecule has 1 aliphatic rings. The molecule has 1 amide bonds. The minimum Gasteiger partial charge on any atom is -0.457 e. The van der Waals surface area contributed by atoms with Crippen LogP contribution >= 0.6 is 0 Å². The smallest absolute Gasteiger partial charge is 0.338 e. The first-order chi connectivity index (χ1) is 7.20. The van der Waals surface area contributed by atoms with Crippen molar-refractivity contribution in [3.8, 4) is 0 Å². The van der Waals surface area contributed by atoms with Crippen LogP contribution in [0, 0.1) is 0 Å².